The van der Waals surface area contributed by atoms with Gasteiger partial charge in [-0.25, -0.2) is 19.9 Å². The maximum atomic E-state index is 5.02. The van der Waals surface area contributed by atoms with Crippen LogP contribution in [-0.2, 0) is 0 Å². The molecule has 2 aromatic heterocycles. The first-order chi connectivity index (χ1) is 28.7. The Morgan fingerprint density at radius 3 is 1.67 bits per heavy atom. The Morgan fingerprint density at radius 2 is 1.05 bits per heavy atom. The molecule has 0 spiro atoms. The number of fused-ring (bicyclic) bond motifs is 1. The predicted molar refractivity (Wildman–Crippen MR) is 242 cm³/mol. The maximum absolute atomic E-state index is 5.02. The summed E-state index contributed by atoms with van der Waals surface area (Å²) in [5, 5.41) is 2.43. The van der Waals surface area contributed by atoms with E-state index in [9.17, 15) is 0 Å². The van der Waals surface area contributed by atoms with Crippen LogP contribution < -0.4 is 0 Å². The fraction of sp³-hybridized carbons (Fsp3) is 0.0370. The van der Waals surface area contributed by atoms with Crippen LogP contribution in [0.3, 0.4) is 0 Å². The lowest BCUT2D eigenvalue weighted by Gasteiger charge is -2.18. The molecule has 4 heteroatoms. The third-order valence-electron chi connectivity index (χ3n) is 10.4. The van der Waals surface area contributed by atoms with E-state index in [1.807, 2.05) is 85.0 Å². The van der Waals surface area contributed by atoms with Gasteiger partial charge < -0.3 is 0 Å². The summed E-state index contributed by atoms with van der Waals surface area (Å²) in [4.78, 5) is 20.0. The van der Waals surface area contributed by atoms with Gasteiger partial charge in [-0.15, -0.1) is 0 Å². The van der Waals surface area contributed by atoms with Crippen molar-refractivity contribution in [1.82, 2.24) is 19.9 Å². The van der Waals surface area contributed by atoms with E-state index < -0.39 is 0 Å². The molecule has 0 radical (unpaired) electrons. The molecule has 58 heavy (non-hydrogen) atoms. The largest absolute Gasteiger partial charge is 0.229 e. The van der Waals surface area contributed by atoms with E-state index >= 15 is 0 Å². The summed E-state index contributed by atoms with van der Waals surface area (Å²) in [5.41, 5.74) is 12.4. The average molecular weight is 745 g/mol. The molecule has 0 bridgehead atoms. The van der Waals surface area contributed by atoms with Crippen LogP contribution in [0.1, 0.15) is 29.4 Å². The quantitative estimate of drug-likeness (QED) is 0.131. The van der Waals surface area contributed by atoms with Crippen molar-refractivity contribution < 1.29 is 0 Å². The third kappa shape index (κ3) is 8.04. The van der Waals surface area contributed by atoms with Crippen LogP contribution in [0.4, 0.5) is 0 Å². The number of aromatic nitrogens is 4. The minimum atomic E-state index is 0.254. The molecule has 4 nitrogen and oxygen atoms in total. The highest BCUT2D eigenvalue weighted by atomic mass is 14.9. The van der Waals surface area contributed by atoms with E-state index in [0.29, 0.717) is 5.82 Å². The summed E-state index contributed by atoms with van der Waals surface area (Å²) < 4.78 is 0. The van der Waals surface area contributed by atoms with E-state index in [2.05, 4.69) is 128 Å². The monoisotopic (exact) mass is 744 g/mol. The highest BCUT2D eigenvalue weighted by Crippen LogP contribution is 2.34. The Bertz CT molecular complexity index is 2800. The van der Waals surface area contributed by atoms with E-state index in [-0.39, 0.29) is 5.92 Å². The zero-order valence-electron chi connectivity index (χ0n) is 32.0. The Labute approximate surface area is 339 Å². The lowest BCUT2D eigenvalue weighted by atomic mass is 9.88. The molecule has 0 aliphatic heterocycles. The van der Waals surface area contributed by atoms with Crippen LogP contribution in [0.15, 0.2) is 213 Å². The standard InChI is InChI=1S/C54H40N4/c1-2-3-4-14-21-49-36-50(41-15-8-5-9-16-41)56-53(55-49)44-28-22-38(23-29-44)46-32-26-40-27-33-47(35-48(40)34-46)39-24-30-45(31-25-39)54-57-51(42-17-10-6-11-18-42)37-52(58-54)43-19-12-7-13-20-43/h2-22,24-38H,1,23H2/b4-3-,21-14+. The Kier molecular flexibility index (Phi) is 10.4. The van der Waals surface area contributed by atoms with E-state index in [4.69, 9.17) is 19.9 Å². The van der Waals surface area contributed by atoms with Gasteiger partial charge >= 0.3 is 0 Å². The van der Waals surface area contributed by atoms with E-state index in [0.717, 1.165) is 68.4 Å². The lowest BCUT2D eigenvalue weighted by Crippen LogP contribution is -2.03. The topological polar surface area (TPSA) is 51.6 Å². The molecule has 1 atom stereocenters. The van der Waals surface area contributed by atoms with Gasteiger partial charge in [-0.05, 0) is 58.2 Å². The molecule has 2 heterocycles. The Morgan fingerprint density at radius 1 is 0.466 bits per heavy atom. The number of benzene rings is 6. The molecule has 9 rings (SSSR count). The zero-order chi connectivity index (χ0) is 39.1. The van der Waals surface area contributed by atoms with Gasteiger partial charge in [0.15, 0.2) is 11.6 Å². The molecule has 276 valence electrons. The predicted octanol–water partition coefficient (Wildman–Crippen LogP) is 13.6. The molecular formula is C54H40N4. The summed E-state index contributed by atoms with van der Waals surface area (Å²) in [6.07, 6.45) is 17.2. The van der Waals surface area contributed by atoms with Crippen LogP contribution >= 0.6 is 0 Å². The smallest absolute Gasteiger partial charge is 0.160 e. The van der Waals surface area contributed by atoms with E-state index in [1.165, 1.54) is 21.9 Å². The average Bonchev–Trinajstić information content (AvgIpc) is 3.31. The molecular weight excluding hydrogens is 705 g/mol. The van der Waals surface area contributed by atoms with Gasteiger partial charge in [0.25, 0.3) is 0 Å². The fourth-order valence-corrected chi connectivity index (χ4v) is 7.34. The number of hydrogen-bond acceptors (Lipinski definition) is 4. The van der Waals surface area contributed by atoms with Crippen LogP contribution in [0.2, 0.25) is 0 Å². The number of nitrogens with zero attached hydrogens (tertiary/aromatic N) is 4. The van der Waals surface area contributed by atoms with Crippen LogP contribution in [0, 0.1) is 0 Å². The molecule has 0 fully saturated rings. The van der Waals surface area contributed by atoms with Crippen LogP contribution in [-0.4, -0.2) is 19.9 Å². The molecule has 1 aliphatic carbocycles. The van der Waals surface area contributed by atoms with Crippen molar-refractivity contribution in [3.05, 3.63) is 230 Å². The van der Waals surface area contributed by atoms with Gasteiger partial charge in [0.2, 0.25) is 0 Å². The van der Waals surface area contributed by atoms with Crippen molar-refractivity contribution >= 4 is 22.4 Å². The first kappa shape index (κ1) is 36.1. The second-order valence-corrected chi connectivity index (χ2v) is 14.3. The molecule has 6 aromatic carbocycles. The molecule has 1 unspecified atom stereocenters. The van der Waals surface area contributed by atoms with Crippen molar-refractivity contribution in [2.24, 2.45) is 0 Å². The van der Waals surface area contributed by atoms with Crippen molar-refractivity contribution in [3.63, 3.8) is 0 Å². The summed E-state index contributed by atoms with van der Waals surface area (Å²) in [5.74, 6) is 1.69. The highest BCUT2D eigenvalue weighted by molar-refractivity contribution is 5.88. The molecule has 0 N–H and O–H groups in total. The number of hydrogen-bond donors (Lipinski definition) is 0. The molecule has 0 saturated heterocycles. The first-order valence-corrected chi connectivity index (χ1v) is 19.6. The second kappa shape index (κ2) is 16.7. The fourth-order valence-electron chi connectivity index (χ4n) is 7.34. The summed E-state index contributed by atoms with van der Waals surface area (Å²) >= 11 is 0. The number of rotatable bonds is 10. The third-order valence-corrected chi connectivity index (χ3v) is 10.4. The van der Waals surface area contributed by atoms with Gasteiger partial charge in [0, 0.05) is 33.7 Å². The molecule has 0 amide bonds. The van der Waals surface area contributed by atoms with Crippen LogP contribution in [0.25, 0.3) is 78.7 Å². The van der Waals surface area contributed by atoms with Gasteiger partial charge in [-0.1, -0.05) is 195 Å². The Hall–Kier alpha value is -7.56. The minimum absolute atomic E-state index is 0.254. The molecule has 8 aromatic rings. The highest BCUT2D eigenvalue weighted by Gasteiger charge is 2.16. The zero-order valence-corrected chi connectivity index (χ0v) is 32.0. The summed E-state index contributed by atoms with van der Waals surface area (Å²) in [6.45, 7) is 3.76. The van der Waals surface area contributed by atoms with E-state index in [1.54, 1.807) is 6.08 Å². The molecule has 0 saturated carbocycles. The maximum Gasteiger partial charge on any atom is 0.160 e. The van der Waals surface area contributed by atoms with Crippen molar-refractivity contribution in [2.45, 2.75) is 12.3 Å². The normalized spacial score (nSPS) is 13.9. The van der Waals surface area contributed by atoms with Crippen molar-refractivity contribution in [2.75, 3.05) is 0 Å². The SMILES string of the molecule is C=C/C=C\C=C\c1cc(-c2ccccc2)nc(C2=CCC(c3ccc4ccc(-c5ccc(-c6nc(-c7ccccc7)cc(-c7ccccc7)n6)cc5)cc4c3)C=C2)n1. The summed E-state index contributed by atoms with van der Waals surface area (Å²) in [7, 11) is 0. The van der Waals surface area contributed by atoms with Gasteiger partial charge in [0.05, 0.1) is 22.8 Å². The number of allylic oxidation sites excluding steroid dienone is 8. The van der Waals surface area contributed by atoms with Crippen molar-refractivity contribution in [1.29, 1.82) is 0 Å². The van der Waals surface area contributed by atoms with Gasteiger partial charge in [-0.2, -0.15) is 0 Å². The Balaban J connectivity index is 0.963. The molecule has 1 aliphatic rings. The summed E-state index contributed by atoms with van der Waals surface area (Å²) in [6, 6.07) is 57.1. The minimum Gasteiger partial charge on any atom is -0.229 e. The van der Waals surface area contributed by atoms with Crippen LogP contribution in [0.5, 0.6) is 0 Å². The van der Waals surface area contributed by atoms with Gasteiger partial charge in [-0.3, -0.25) is 0 Å². The van der Waals surface area contributed by atoms with Crippen molar-refractivity contribution in [3.8, 4) is 56.3 Å². The first-order valence-electron chi connectivity index (χ1n) is 19.6. The lowest BCUT2D eigenvalue weighted by molar-refractivity contribution is 0.856. The second-order valence-electron chi connectivity index (χ2n) is 14.3. The van der Waals surface area contributed by atoms with Gasteiger partial charge in [0.1, 0.15) is 0 Å².